The lowest BCUT2D eigenvalue weighted by Crippen LogP contribution is -2.23. The van der Waals surface area contributed by atoms with Gasteiger partial charge in [-0.15, -0.1) is 0 Å². The van der Waals surface area contributed by atoms with Crippen LogP contribution in [0.25, 0.3) is 0 Å². The van der Waals surface area contributed by atoms with Gasteiger partial charge in [-0.1, -0.05) is 6.92 Å². The molecule has 2 aliphatic rings. The molecule has 0 radical (unpaired) electrons. The van der Waals surface area contributed by atoms with Crippen LogP contribution in [0, 0.1) is 5.92 Å². The maximum absolute atomic E-state index is 12.9. The molecule has 1 aliphatic heterocycles. The van der Waals surface area contributed by atoms with Crippen molar-refractivity contribution in [2.75, 3.05) is 13.1 Å². The van der Waals surface area contributed by atoms with Crippen molar-refractivity contribution in [1.29, 1.82) is 0 Å². The van der Waals surface area contributed by atoms with E-state index in [2.05, 4.69) is 4.90 Å². The second-order valence-electron chi connectivity index (χ2n) is 3.68. The number of nitrogens with zero attached hydrogens (tertiary/aromatic N) is 1. The zero-order valence-corrected chi connectivity index (χ0v) is 6.39. The molecule has 2 heteroatoms. The van der Waals surface area contributed by atoms with E-state index in [1.807, 2.05) is 6.92 Å². The standard InChI is InChI=1S/C8H14FN/c1-6-4-10(5-8(6)9)7-2-3-7/h6-8H,2-5H2,1H3. The molecule has 1 saturated heterocycles. The average molecular weight is 143 g/mol. The Labute approximate surface area is 61.2 Å². The van der Waals surface area contributed by atoms with Crippen LogP contribution in [-0.2, 0) is 0 Å². The molecule has 0 aromatic carbocycles. The number of alkyl halides is 1. The summed E-state index contributed by atoms with van der Waals surface area (Å²) in [5, 5.41) is 0. The summed E-state index contributed by atoms with van der Waals surface area (Å²) >= 11 is 0. The van der Waals surface area contributed by atoms with Crippen LogP contribution in [0.1, 0.15) is 19.8 Å². The van der Waals surface area contributed by atoms with Gasteiger partial charge in [0.2, 0.25) is 0 Å². The Morgan fingerprint density at radius 3 is 2.40 bits per heavy atom. The van der Waals surface area contributed by atoms with E-state index in [0.717, 1.165) is 12.6 Å². The quantitative estimate of drug-likeness (QED) is 0.537. The summed E-state index contributed by atoms with van der Waals surface area (Å²) in [4.78, 5) is 2.30. The van der Waals surface area contributed by atoms with E-state index in [-0.39, 0.29) is 5.92 Å². The van der Waals surface area contributed by atoms with Gasteiger partial charge in [0.25, 0.3) is 0 Å². The van der Waals surface area contributed by atoms with Crippen LogP contribution < -0.4 is 0 Å². The highest BCUT2D eigenvalue weighted by molar-refractivity contribution is 4.92. The fourth-order valence-electron chi connectivity index (χ4n) is 1.70. The zero-order valence-electron chi connectivity index (χ0n) is 6.39. The maximum atomic E-state index is 12.9. The smallest absolute Gasteiger partial charge is 0.116 e. The second-order valence-corrected chi connectivity index (χ2v) is 3.68. The van der Waals surface area contributed by atoms with Crippen molar-refractivity contribution in [3.8, 4) is 0 Å². The van der Waals surface area contributed by atoms with Crippen molar-refractivity contribution in [3.63, 3.8) is 0 Å². The molecule has 0 N–H and O–H groups in total. The first-order valence-corrected chi connectivity index (χ1v) is 4.15. The van der Waals surface area contributed by atoms with Gasteiger partial charge < -0.3 is 0 Å². The van der Waals surface area contributed by atoms with Crippen molar-refractivity contribution < 1.29 is 4.39 Å². The topological polar surface area (TPSA) is 3.24 Å². The lowest BCUT2D eigenvalue weighted by molar-refractivity contribution is 0.273. The third-order valence-corrected chi connectivity index (χ3v) is 2.61. The first-order chi connectivity index (χ1) is 4.77. The highest BCUT2D eigenvalue weighted by atomic mass is 19.1. The van der Waals surface area contributed by atoms with Gasteiger partial charge in [-0.3, -0.25) is 4.90 Å². The predicted molar refractivity (Wildman–Crippen MR) is 38.7 cm³/mol. The van der Waals surface area contributed by atoms with Gasteiger partial charge in [-0.2, -0.15) is 0 Å². The number of hydrogen-bond acceptors (Lipinski definition) is 1. The fraction of sp³-hybridized carbons (Fsp3) is 1.00. The summed E-state index contributed by atoms with van der Waals surface area (Å²) in [6, 6.07) is 0.753. The number of likely N-dealkylation sites (tertiary alicyclic amines) is 1. The van der Waals surface area contributed by atoms with Crippen molar-refractivity contribution in [1.82, 2.24) is 4.90 Å². The second kappa shape index (κ2) is 2.19. The normalized spacial score (nSPS) is 42.6. The molecule has 1 aliphatic carbocycles. The minimum absolute atomic E-state index is 0.278. The minimum Gasteiger partial charge on any atom is -0.297 e. The van der Waals surface area contributed by atoms with Crippen molar-refractivity contribution in [2.45, 2.75) is 32.0 Å². The molecule has 2 unspecified atom stereocenters. The van der Waals surface area contributed by atoms with Gasteiger partial charge in [0.15, 0.2) is 0 Å². The van der Waals surface area contributed by atoms with E-state index >= 15 is 0 Å². The summed E-state index contributed by atoms with van der Waals surface area (Å²) in [6.07, 6.45) is 2.06. The van der Waals surface area contributed by atoms with Crippen LogP contribution in [0.2, 0.25) is 0 Å². The Morgan fingerprint density at radius 2 is 2.00 bits per heavy atom. The highest BCUT2D eigenvalue weighted by Crippen LogP contribution is 2.32. The first kappa shape index (κ1) is 6.59. The summed E-state index contributed by atoms with van der Waals surface area (Å²) in [6.45, 7) is 3.70. The molecule has 2 rings (SSSR count). The molecular weight excluding hydrogens is 129 g/mol. The van der Waals surface area contributed by atoms with E-state index in [0.29, 0.717) is 6.54 Å². The highest BCUT2D eigenvalue weighted by Gasteiger charge is 2.37. The summed E-state index contributed by atoms with van der Waals surface area (Å²) < 4.78 is 12.9. The summed E-state index contributed by atoms with van der Waals surface area (Å²) in [5.41, 5.74) is 0. The van der Waals surface area contributed by atoms with Gasteiger partial charge >= 0.3 is 0 Å². The van der Waals surface area contributed by atoms with Crippen LogP contribution in [0.15, 0.2) is 0 Å². The molecule has 0 aromatic heterocycles. The molecule has 0 amide bonds. The van der Waals surface area contributed by atoms with Crippen molar-refractivity contribution >= 4 is 0 Å². The lowest BCUT2D eigenvalue weighted by Gasteiger charge is -2.11. The average Bonchev–Trinajstić information content (AvgIpc) is 2.64. The molecule has 2 fully saturated rings. The largest absolute Gasteiger partial charge is 0.297 e. The molecular formula is C8H14FN. The van der Waals surface area contributed by atoms with E-state index in [1.54, 1.807) is 0 Å². The Morgan fingerprint density at radius 1 is 1.30 bits per heavy atom. The van der Waals surface area contributed by atoms with Gasteiger partial charge in [0, 0.05) is 25.0 Å². The Hall–Kier alpha value is -0.110. The molecule has 10 heavy (non-hydrogen) atoms. The Kier molecular flexibility index (Phi) is 1.44. The molecule has 0 aromatic rings. The van der Waals surface area contributed by atoms with Crippen LogP contribution in [0.3, 0.4) is 0 Å². The van der Waals surface area contributed by atoms with Crippen LogP contribution in [0.5, 0.6) is 0 Å². The summed E-state index contributed by atoms with van der Waals surface area (Å²) in [7, 11) is 0. The van der Waals surface area contributed by atoms with E-state index in [9.17, 15) is 4.39 Å². The molecule has 1 heterocycles. The molecule has 1 saturated carbocycles. The number of hydrogen-bond donors (Lipinski definition) is 0. The molecule has 0 bridgehead atoms. The predicted octanol–water partition coefficient (Wildman–Crippen LogP) is 1.44. The zero-order chi connectivity index (χ0) is 7.14. The minimum atomic E-state index is -0.555. The molecule has 0 spiro atoms. The summed E-state index contributed by atoms with van der Waals surface area (Å²) in [5.74, 6) is 0.278. The van der Waals surface area contributed by atoms with Crippen LogP contribution in [-0.4, -0.2) is 30.2 Å². The van der Waals surface area contributed by atoms with Crippen LogP contribution >= 0.6 is 0 Å². The Bertz CT molecular complexity index is 123. The van der Waals surface area contributed by atoms with Crippen molar-refractivity contribution in [3.05, 3.63) is 0 Å². The third kappa shape index (κ3) is 1.05. The van der Waals surface area contributed by atoms with E-state index in [1.165, 1.54) is 12.8 Å². The molecule has 2 atom stereocenters. The lowest BCUT2D eigenvalue weighted by atomic mass is 10.1. The van der Waals surface area contributed by atoms with Crippen molar-refractivity contribution in [2.24, 2.45) is 5.92 Å². The Balaban J connectivity index is 1.90. The molecule has 58 valence electrons. The third-order valence-electron chi connectivity index (χ3n) is 2.61. The van der Waals surface area contributed by atoms with Crippen LogP contribution in [0.4, 0.5) is 4.39 Å². The number of halogens is 1. The van der Waals surface area contributed by atoms with E-state index in [4.69, 9.17) is 0 Å². The monoisotopic (exact) mass is 143 g/mol. The van der Waals surface area contributed by atoms with Gasteiger partial charge in [0.05, 0.1) is 0 Å². The van der Waals surface area contributed by atoms with E-state index < -0.39 is 6.17 Å². The van der Waals surface area contributed by atoms with Gasteiger partial charge in [0.1, 0.15) is 6.17 Å². The van der Waals surface area contributed by atoms with Gasteiger partial charge in [-0.25, -0.2) is 4.39 Å². The first-order valence-electron chi connectivity index (χ1n) is 4.15. The number of rotatable bonds is 1. The fourth-order valence-corrected chi connectivity index (χ4v) is 1.70. The van der Waals surface area contributed by atoms with Gasteiger partial charge in [-0.05, 0) is 12.8 Å². The SMILES string of the molecule is CC1CN(C2CC2)CC1F. The maximum Gasteiger partial charge on any atom is 0.116 e. The molecule has 1 nitrogen and oxygen atoms in total.